The molecule has 0 aliphatic carbocycles. The molecule has 2 aromatic rings. The molecule has 10 heteroatoms. The van der Waals surface area contributed by atoms with Crippen molar-refractivity contribution in [2.45, 2.75) is 50.4 Å². The minimum Gasteiger partial charge on any atom is -0.487 e. The first-order chi connectivity index (χ1) is 15.4. The number of piperidine rings is 1. The molecule has 1 N–H and O–H groups in total. The number of nitrogens with zero attached hydrogens (tertiary/aromatic N) is 1. The van der Waals surface area contributed by atoms with Gasteiger partial charge in [0, 0.05) is 31.4 Å². The van der Waals surface area contributed by atoms with Gasteiger partial charge in [0.15, 0.2) is 6.61 Å². The largest absolute Gasteiger partial charge is 0.487 e. The molecule has 1 heterocycles. The summed E-state index contributed by atoms with van der Waals surface area (Å²) in [5.74, 6) is -11.8. The van der Waals surface area contributed by atoms with E-state index >= 15 is 0 Å². The van der Waals surface area contributed by atoms with E-state index in [1.165, 1.54) is 35.4 Å². The lowest BCUT2D eigenvalue weighted by atomic mass is 10.0. The van der Waals surface area contributed by atoms with Crippen LogP contribution in [0.5, 0.6) is 5.75 Å². The van der Waals surface area contributed by atoms with E-state index in [9.17, 15) is 30.7 Å². The highest BCUT2D eigenvalue weighted by molar-refractivity contribution is 5.47. The van der Waals surface area contributed by atoms with Crippen molar-refractivity contribution in [2.24, 2.45) is 0 Å². The maximum Gasteiger partial charge on any atom is 0.460 e. The Kier molecular flexibility index (Phi) is 7.45. The normalized spacial score (nSPS) is 16.6. The molecule has 0 amide bonds. The summed E-state index contributed by atoms with van der Waals surface area (Å²) < 4.78 is 93.6. The van der Waals surface area contributed by atoms with Crippen molar-refractivity contribution in [2.75, 3.05) is 25.0 Å². The van der Waals surface area contributed by atoms with Crippen molar-refractivity contribution in [1.29, 1.82) is 0 Å². The average Bonchev–Trinajstić information content (AvgIpc) is 2.75. The van der Waals surface area contributed by atoms with Gasteiger partial charge in [-0.15, -0.1) is 0 Å². The molecule has 0 unspecified atom stereocenters. The number of halogens is 7. The van der Waals surface area contributed by atoms with Crippen molar-refractivity contribution in [3.63, 3.8) is 0 Å². The molecule has 3 rings (SSSR count). The van der Waals surface area contributed by atoms with Gasteiger partial charge < -0.3 is 10.1 Å². The van der Waals surface area contributed by atoms with Gasteiger partial charge in [0.2, 0.25) is 0 Å². The van der Waals surface area contributed by atoms with E-state index in [1.807, 2.05) is 6.92 Å². The smallest absolute Gasteiger partial charge is 0.460 e. The molecule has 0 aromatic heterocycles. The lowest BCUT2D eigenvalue weighted by Gasteiger charge is -2.33. The van der Waals surface area contributed by atoms with Crippen LogP contribution in [-0.4, -0.2) is 48.7 Å². The monoisotopic (exact) mass is 478 g/mol. The molecular weight excluding hydrogens is 453 g/mol. The van der Waals surface area contributed by atoms with Gasteiger partial charge in [0.1, 0.15) is 5.75 Å². The van der Waals surface area contributed by atoms with Crippen molar-refractivity contribution in [1.82, 2.24) is 4.90 Å². The lowest BCUT2D eigenvalue weighted by Crippen LogP contribution is -2.54. The van der Waals surface area contributed by atoms with Crippen LogP contribution in [0.1, 0.15) is 24.0 Å². The summed E-state index contributed by atoms with van der Waals surface area (Å²) in [6.45, 7) is 2.62. The Morgan fingerprint density at radius 3 is 2.00 bits per heavy atom. The first-order valence-corrected chi connectivity index (χ1v) is 10.5. The highest BCUT2D eigenvalue weighted by Crippen LogP contribution is 2.46. The van der Waals surface area contributed by atoms with E-state index in [1.54, 1.807) is 0 Å². The molecule has 33 heavy (non-hydrogen) atoms. The summed E-state index contributed by atoms with van der Waals surface area (Å²) in [7, 11) is 0. The molecule has 0 spiro atoms. The lowest BCUT2D eigenvalue weighted by molar-refractivity contribution is -0.358. The van der Waals surface area contributed by atoms with Crippen LogP contribution in [0.15, 0.2) is 48.5 Å². The summed E-state index contributed by atoms with van der Waals surface area (Å²) in [4.78, 5) is 2.36. The summed E-state index contributed by atoms with van der Waals surface area (Å²) in [5, 5.41) is 3.32. The minimum absolute atomic E-state index is 0.195. The van der Waals surface area contributed by atoms with E-state index < -0.39 is 24.6 Å². The Bertz CT molecular complexity index is 891. The number of alkyl halides is 7. The molecule has 0 atom stereocenters. The maximum absolute atomic E-state index is 13.3. The second kappa shape index (κ2) is 9.79. The summed E-state index contributed by atoms with van der Waals surface area (Å²) >= 11 is 0. The molecule has 1 saturated heterocycles. The van der Waals surface area contributed by atoms with Crippen molar-refractivity contribution < 1.29 is 35.5 Å². The van der Waals surface area contributed by atoms with E-state index in [2.05, 4.69) is 39.2 Å². The molecular formula is C23H25F7N2O. The SMILES string of the molecule is Cc1ccc(CN2CCC(Nc3ccc(OCC(F)(F)C(F)(F)C(F)(F)F)cc3)CC2)cc1. The van der Waals surface area contributed by atoms with Crippen LogP contribution in [0.25, 0.3) is 0 Å². The third-order valence-corrected chi connectivity index (χ3v) is 5.57. The van der Waals surface area contributed by atoms with Gasteiger partial charge in [-0.25, -0.2) is 0 Å². The zero-order valence-corrected chi connectivity index (χ0v) is 17.9. The zero-order chi connectivity index (χ0) is 24.3. The Balaban J connectivity index is 1.46. The fraction of sp³-hybridized carbons (Fsp3) is 0.478. The quantitative estimate of drug-likeness (QED) is 0.452. The standard InChI is InChI=1S/C23H25F7N2O/c1-16-2-4-17(5-3-16)14-32-12-10-19(11-13-32)31-18-6-8-20(9-7-18)33-15-21(24,25)22(26,27)23(28,29)30/h2-9,19,31H,10-15H2,1H3. The molecule has 0 saturated carbocycles. The number of hydrogen-bond donors (Lipinski definition) is 1. The molecule has 182 valence electrons. The second-order valence-corrected chi connectivity index (χ2v) is 8.27. The predicted octanol–water partition coefficient (Wildman–Crippen LogP) is 6.28. The number of likely N-dealkylation sites (tertiary alicyclic amines) is 1. The number of benzene rings is 2. The first kappa shape index (κ1) is 25.1. The topological polar surface area (TPSA) is 24.5 Å². The summed E-state index contributed by atoms with van der Waals surface area (Å²) in [5.41, 5.74) is 3.14. The van der Waals surface area contributed by atoms with Crippen molar-refractivity contribution >= 4 is 5.69 Å². The summed E-state index contributed by atoms with van der Waals surface area (Å²) in [6.07, 6.45) is -4.59. The molecule has 2 aromatic carbocycles. The summed E-state index contributed by atoms with van der Waals surface area (Å²) in [6, 6.07) is 14.1. The van der Waals surface area contributed by atoms with Crippen LogP contribution in [0.4, 0.5) is 36.4 Å². The van der Waals surface area contributed by atoms with Gasteiger partial charge in [-0.1, -0.05) is 29.8 Å². The van der Waals surface area contributed by atoms with E-state index in [4.69, 9.17) is 0 Å². The Morgan fingerprint density at radius 2 is 1.45 bits per heavy atom. The number of aryl methyl sites for hydroxylation is 1. The number of ether oxygens (including phenoxy) is 1. The molecule has 1 aliphatic rings. The fourth-order valence-corrected chi connectivity index (χ4v) is 3.54. The van der Waals surface area contributed by atoms with Crippen LogP contribution in [0.2, 0.25) is 0 Å². The number of nitrogens with one attached hydrogen (secondary N) is 1. The first-order valence-electron chi connectivity index (χ1n) is 10.5. The van der Waals surface area contributed by atoms with E-state index in [-0.39, 0.29) is 11.8 Å². The van der Waals surface area contributed by atoms with Gasteiger partial charge in [0.05, 0.1) is 0 Å². The van der Waals surface area contributed by atoms with E-state index in [0.717, 1.165) is 32.5 Å². The molecule has 1 fully saturated rings. The third kappa shape index (κ3) is 6.31. The highest BCUT2D eigenvalue weighted by Gasteiger charge is 2.73. The fourth-order valence-electron chi connectivity index (χ4n) is 3.54. The van der Waals surface area contributed by atoms with Gasteiger partial charge in [-0.05, 0) is 49.6 Å². The predicted molar refractivity (Wildman–Crippen MR) is 111 cm³/mol. The zero-order valence-electron chi connectivity index (χ0n) is 17.9. The van der Waals surface area contributed by atoms with Crippen LogP contribution < -0.4 is 10.1 Å². The average molecular weight is 478 g/mol. The van der Waals surface area contributed by atoms with Gasteiger partial charge in [0.25, 0.3) is 0 Å². The van der Waals surface area contributed by atoms with Gasteiger partial charge in [-0.3, -0.25) is 4.90 Å². The number of hydrogen-bond acceptors (Lipinski definition) is 3. The van der Waals surface area contributed by atoms with Gasteiger partial charge in [-0.2, -0.15) is 30.7 Å². The number of anilines is 1. The minimum atomic E-state index is -6.37. The Morgan fingerprint density at radius 1 is 0.879 bits per heavy atom. The van der Waals surface area contributed by atoms with Crippen molar-refractivity contribution in [3.8, 4) is 5.75 Å². The van der Waals surface area contributed by atoms with Crippen molar-refractivity contribution in [3.05, 3.63) is 59.7 Å². The number of rotatable bonds is 8. The molecule has 0 radical (unpaired) electrons. The molecule has 1 aliphatic heterocycles. The maximum atomic E-state index is 13.3. The third-order valence-electron chi connectivity index (χ3n) is 5.57. The Labute approximate surface area is 187 Å². The van der Waals surface area contributed by atoms with Crippen LogP contribution in [-0.2, 0) is 6.54 Å². The Hall–Kier alpha value is -2.49. The molecule has 3 nitrogen and oxygen atoms in total. The second-order valence-electron chi connectivity index (χ2n) is 8.27. The van der Waals surface area contributed by atoms with Crippen LogP contribution in [0, 0.1) is 6.92 Å². The molecule has 0 bridgehead atoms. The van der Waals surface area contributed by atoms with Gasteiger partial charge >= 0.3 is 18.0 Å². The highest BCUT2D eigenvalue weighted by atomic mass is 19.4. The van der Waals surface area contributed by atoms with Crippen LogP contribution in [0.3, 0.4) is 0 Å². The van der Waals surface area contributed by atoms with E-state index in [0.29, 0.717) is 5.69 Å². The van der Waals surface area contributed by atoms with Crippen LogP contribution >= 0.6 is 0 Å².